The minimum Gasteiger partial charge on any atom is -0.496 e. The molecule has 1 heterocycles. The molecule has 0 fully saturated rings. The Hall–Kier alpha value is -2.55. The maximum Gasteiger partial charge on any atom is 0.129 e. The van der Waals surface area contributed by atoms with E-state index in [2.05, 4.69) is 74.9 Å². The zero-order chi connectivity index (χ0) is 18.9. The first-order valence-corrected chi connectivity index (χ1v) is 9.16. The molecule has 0 spiro atoms. The predicted molar refractivity (Wildman–Crippen MR) is 112 cm³/mol. The molecule has 0 atom stereocenters. The Morgan fingerprint density at radius 1 is 1.12 bits per heavy atom. The maximum atomic E-state index is 5.68. The van der Waals surface area contributed by atoms with Gasteiger partial charge >= 0.3 is 0 Å². The van der Waals surface area contributed by atoms with Crippen LogP contribution < -0.4 is 9.64 Å². The normalized spacial score (nSPS) is 15.8. The Morgan fingerprint density at radius 2 is 1.81 bits per heavy atom. The molecule has 0 saturated heterocycles. The number of methoxy groups -OCH3 is 1. The fourth-order valence-corrected chi connectivity index (χ4v) is 3.75. The fraction of sp³-hybridized carbons (Fsp3) is 0.348. The highest BCUT2D eigenvalue weighted by atomic mass is 16.5. The number of anilines is 1. The fourth-order valence-electron chi connectivity index (χ4n) is 3.75. The van der Waals surface area contributed by atoms with Gasteiger partial charge in [-0.25, -0.2) is 0 Å². The number of fused-ring (bicyclic) bond motifs is 1. The Kier molecular flexibility index (Phi) is 4.90. The van der Waals surface area contributed by atoms with Crippen LogP contribution in [0.4, 0.5) is 11.4 Å². The number of aliphatic imine (C=N–C) groups is 1. The van der Waals surface area contributed by atoms with Gasteiger partial charge in [-0.15, -0.1) is 0 Å². The lowest BCUT2D eigenvalue weighted by Crippen LogP contribution is -2.44. The second-order valence-corrected chi connectivity index (χ2v) is 7.43. The van der Waals surface area contributed by atoms with E-state index in [-0.39, 0.29) is 5.54 Å². The molecule has 1 aliphatic rings. The van der Waals surface area contributed by atoms with Gasteiger partial charge in [0.2, 0.25) is 0 Å². The minimum absolute atomic E-state index is 0.00561. The van der Waals surface area contributed by atoms with E-state index in [4.69, 9.17) is 4.74 Å². The number of hydrogen-bond donors (Lipinski definition) is 0. The summed E-state index contributed by atoms with van der Waals surface area (Å²) in [5.41, 5.74) is 6.93. The van der Waals surface area contributed by atoms with Crippen LogP contribution in [0.2, 0.25) is 0 Å². The van der Waals surface area contributed by atoms with Crippen LogP contribution in [0.1, 0.15) is 44.4 Å². The third kappa shape index (κ3) is 3.39. The van der Waals surface area contributed by atoms with E-state index in [0.717, 1.165) is 23.5 Å². The van der Waals surface area contributed by atoms with Gasteiger partial charge in [0, 0.05) is 35.6 Å². The van der Waals surface area contributed by atoms with Gasteiger partial charge in [-0.3, -0.25) is 4.99 Å². The molecular weight excluding hydrogens is 320 g/mol. The van der Waals surface area contributed by atoms with Gasteiger partial charge in [-0.1, -0.05) is 23.8 Å². The summed E-state index contributed by atoms with van der Waals surface area (Å²) in [5.74, 6) is 0.851. The first kappa shape index (κ1) is 18.2. The molecular formula is C23H28N2O. The Bertz CT molecular complexity index is 861. The summed E-state index contributed by atoms with van der Waals surface area (Å²) in [7, 11) is 1.72. The molecule has 0 radical (unpaired) electrons. The predicted octanol–water partition coefficient (Wildman–Crippen LogP) is 5.78. The summed E-state index contributed by atoms with van der Waals surface area (Å²) >= 11 is 0. The van der Waals surface area contributed by atoms with Crippen molar-refractivity contribution in [3.8, 4) is 5.75 Å². The summed E-state index contributed by atoms with van der Waals surface area (Å²) < 4.78 is 5.68. The van der Waals surface area contributed by atoms with Gasteiger partial charge in [0.1, 0.15) is 5.75 Å². The van der Waals surface area contributed by atoms with Gasteiger partial charge < -0.3 is 9.64 Å². The molecule has 26 heavy (non-hydrogen) atoms. The minimum atomic E-state index is -0.00561. The molecule has 3 nitrogen and oxygen atoms in total. The van der Waals surface area contributed by atoms with Crippen molar-refractivity contribution in [2.75, 3.05) is 18.6 Å². The first-order chi connectivity index (χ1) is 12.4. The van der Waals surface area contributed by atoms with Crippen molar-refractivity contribution in [1.82, 2.24) is 0 Å². The van der Waals surface area contributed by atoms with E-state index in [1.807, 2.05) is 18.3 Å². The van der Waals surface area contributed by atoms with Crippen molar-refractivity contribution in [3.63, 3.8) is 0 Å². The number of hydrogen-bond acceptors (Lipinski definition) is 3. The van der Waals surface area contributed by atoms with E-state index in [9.17, 15) is 0 Å². The summed E-state index contributed by atoms with van der Waals surface area (Å²) in [4.78, 5) is 7.05. The third-order valence-electron chi connectivity index (χ3n) is 5.03. The van der Waals surface area contributed by atoms with Crippen LogP contribution in [-0.4, -0.2) is 25.4 Å². The molecule has 0 amide bonds. The van der Waals surface area contributed by atoms with Gasteiger partial charge in [-0.05, 0) is 58.4 Å². The Balaban J connectivity index is 2.06. The van der Waals surface area contributed by atoms with E-state index in [1.54, 1.807) is 7.11 Å². The molecule has 3 rings (SSSR count). The van der Waals surface area contributed by atoms with E-state index in [1.165, 1.54) is 22.4 Å². The molecule has 1 aliphatic heterocycles. The van der Waals surface area contributed by atoms with Crippen molar-refractivity contribution in [2.24, 2.45) is 4.99 Å². The molecule has 0 saturated carbocycles. The second-order valence-electron chi connectivity index (χ2n) is 7.43. The van der Waals surface area contributed by atoms with Gasteiger partial charge in [0.15, 0.2) is 0 Å². The first-order valence-electron chi connectivity index (χ1n) is 9.16. The largest absolute Gasteiger partial charge is 0.496 e. The molecule has 0 N–H and O–H groups in total. The monoisotopic (exact) mass is 348 g/mol. The number of rotatable bonds is 4. The van der Waals surface area contributed by atoms with Gasteiger partial charge in [0.05, 0.1) is 18.3 Å². The molecule has 2 aromatic rings. The van der Waals surface area contributed by atoms with Crippen LogP contribution in [0.5, 0.6) is 5.75 Å². The number of likely N-dealkylation sites (N-methyl/N-ethyl adjacent to an activating group) is 1. The number of ether oxygens (including phenoxy) is 1. The van der Waals surface area contributed by atoms with Crippen LogP contribution in [0, 0.1) is 6.92 Å². The lowest BCUT2D eigenvalue weighted by Gasteiger charge is -2.43. The van der Waals surface area contributed by atoms with E-state index in [0.29, 0.717) is 0 Å². The summed E-state index contributed by atoms with van der Waals surface area (Å²) in [6, 6.07) is 12.5. The van der Waals surface area contributed by atoms with E-state index < -0.39 is 0 Å². The quantitative estimate of drug-likeness (QED) is 0.655. The van der Waals surface area contributed by atoms with Crippen LogP contribution >= 0.6 is 0 Å². The molecule has 0 aliphatic carbocycles. The Labute approximate surface area is 157 Å². The van der Waals surface area contributed by atoms with Crippen LogP contribution in [0.3, 0.4) is 0 Å². The van der Waals surface area contributed by atoms with Crippen molar-refractivity contribution < 1.29 is 4.74 Å². The number of aryl methyl sites for hydroxylation is 1. The lowest BCUT2D eigenvalue weighted by atomic mass is 9.88. The summed E-state index contributed by atoms with van der Waals surface area (Å²) in [5, 5.41) is 0. The molecule has 136 valence electrons. The SMILES string of the molecule is CCN1c2cc(OC)c(C=Nc3ccc(C)cc3)cc2C(C)=CC1(C)C. The topological polar surface area (TPSA) is 24.8 Å². The van der Waals surface area contributed by atoms with Crippen molar-refractivity contribution >= 4 is 23.2 Å². The number of benzene rings is 2. The van der Waals surface area contributed by atoms with Crippen LogP contribution in [0.15, 0.2) is 47.5 Å². The zero-order valence-corrected chi connectivity index (χ0v) is 16.6. The lowest BCUT2D eigenvalue weighted by molar-refractivity contribution is 0.413. The maximum absolute atomic E-state index is 5.68. The van der Waals surface area contributed by atoms with Gasteiger partial charge in [0.25, 0.3) is 0 Å². The molecule has 0 unspecified atom stereocenters. The Morgan fingerprint density at radius 3 is 2.42 bits per heavy atom. The van der Waals surface area contributed by atoms with Crippen molar-refractivity contribution in [2.45, 2.75) is 40.2 Å². The third-order valence-corrected chi connectivity index (χ3v) is 5.03. The summed E-state index contributed by atoms with van der Waals surface area (Å²) in [6.45, 7) is 11.9. The number of nitrogens with zero attached hydrogens (tertiary/aromatic N) is 2. The summed E-state index contributed by atoms with van der Waals surface area (Å²) in [6.07, 6.45) is 4.24. The average Bonchev–Trinajstić information content (AvgIpc) is 2.60. The highest BCUT2D eigenvalue weighted by molar-refractivity contribution is 5.92. The molecule has 3 heteroatoms. The molecule has 0 aromatic heterocycles. The van der Waals surface area contributed by atoms with Crippen LogP contribution in [0.25, 0.3) is 5.57 Å². The highest BCUT2D eigenvalue weighted by Gasteiger charge is 2.31. The zero-order valence-electron chi connectivity index (χ0n) is 16.6. The highest BCUT2D eigenvalue weighted by Crippen LogP contribution is 2.41. The smallest absolute Gasteiger partial charge is 0.129 e. The van der Waals surface area contributed by atoms with Crippen molar-refractivity contribution in [1.29, 1.82) is 0 Å². The van der Waals surface area contributed by atoms with E-state index >= 15 is 0 Å². The van der Waals surface area contributed by atoms with Crippen molar-refractivity contribution in [3.05, 3.63) is 59.2 Å². The second kappa shape index (κ2) is 6.99. The number of allylic oxidation sites excluding steroid dienone is 1. The standard InChI is InChI=1S/C23H28N2O/c1-7-25-21-13-22(26-6)18(12-20(21)17(3)14-23(25,4)5)15-24-19-10-8-16(2)9-11-19/h8-15H,7H2,1-6H3. The van der Waals surface area contributed by atoms with Crippen LogP contribution in [-0.2, 0) is 0 Å². The average molecular weight is 348 g/mol. The molecule has 0 bridgehead atoms. The molecule has 2 aromatic carbocycles. The van der Waals surface area contributed by atoms with Gasteiger partial charge in [-0.2, -0.15) is 0 Å².